The summed E-state index contributed by atoms with van der Waals surface area (Å²) in [4.78, 5) is 38.9. The molecular formula is C26H22N2O4. The molecule has 1 aliphatic rings. The summed E-state index contributed by atoms with van der Waals surface area (Å²) in [5.74, 6) is -0.790. The molecule has 0 atom stereocenters. The molecule has 1 N–H and O–H groups in total. The molecular weight excluding hydrogens is 404 g/mol. The van der Waals surface area contributed by atoms with Gasteiger partial charge in [0.15, 0.2) is 0 Å². The first kappa shape index (κ1) is 21.1. The minimum atomic E-state index is -0.764. The maximum absolute atomic E-state index is 13.1. The standard InChI is InChI=1S/C26H22N2O4/c1-17-11-12-21(13-18(17)2)28-25(30)23(24(29)27-26(28)31)15-20-9-6-10-22(14-20)32-16-19-7-4-3-5-8-19/h3-15H,16H2,1-2H3,(H,27,29,31)/b23-15-. The molecule has 0 bridgehead atoms. The van der Waals surface area contributed by atoms with Crippen LogP contribution in [0.2, 0.25) is 0 Å². The lowest BCUT2D eigenvalue weighted by Gasteiger charge is -2.26. The Morgan fingerprint density at radius 3 is 2.41 bits per heavy atom. The second-order valence-electron chi connectivity index (χ2n) is 7.57. The van der Waals surface area contributed by atoms with E-state index in [0.29, 0.717) is 23.6 Å². The van der Waals surface area contributed by atoms with E-state index in [4.69, 9.17) is 4.74 Å². The minimum absolute atomic E-state index is 0.122. The van der Waals surface area contributed by atoms with E-state index in [0.717, 1.165) is 21.6 Å². The number of nitrogens with one attached hydrogen (secondary N) is 1. The first-order valence-corrected chi connectivity index (χ1v) is 10.2. The summed E-state index contributed by atoms with van der Waals surface area (Å²) >= 11 is 0. The Morgan fingerprint density at radius 2 is 1.66 bits per heavy atom. The van der Waals surface area contributed by atoms with Crippen LogP contribution in [-0.2, 0) is 16.2 Å². The minimum Gasteiger partial charge on any atom is -0.489 e. The Bertz CT molecular complexity index is 1230. The van der Waals surface area contributed by atoms with Gasteiger partial charge in [-0.15, -0.1) is 0 Å². The zero-order chi connectivity index (χ0) is 22.7. The lowest BCUT2D eigenvalue weighted by molar-refractivity contribution is -0.122. The van der Waals surface area contributed by atoms with Crippen molar-refractivity contribution in [3.63, 3.8) is 0 Å². The Labute approximate surface area is 186 Å². The van der Waals surface area contributed by atoms with Crippen molar-refractivity contribution in [2.75, 3.05) is 4.90 Å². The van der Waals surface area contributed by atoms with Crippen molar-refractivity contribution in [3.05, 3.63) is 101 Å². The second kappa shape index (κ2) is 8.89. The van der Waals surface area contributed by atoms with Gasteiger partial charge in [0.25, 0.3) is 11.8 Å². The first-order chi connectivity index (χ1) is 15.4. The number of benzene rings is 3. The van der Waals surface area contributed by atoms with E-state index in [1.807, 2.05) is 50.2 Å². The third-order valence-electron chi connectivity index (χ3n) is 5.27. The zero-order valence-corrected chi connectivity index (χ0v) is 17.8. The van der Waals surface area contributed by atoms with Crippen LogP contribution >= 0.6 is 0 Å². The maximum atomic E-state index is 13.1. The number of hydrogen-bond donors (Lipinski definition) is 1. The molecule has 0 radical (unpaired) electrons. The number of aryl methyl sites for hydroxylation is 2. The van der Waals surface area contributed by atoms with Gasteiger partial charge in [-0.1, -0.05) is 48.5 Å². The van der Waals surface area contributed by atoms with Crippen LogP contribution in [0, 0.1) is 13.8 Å². The molecule has 6 heteroatoms. The number of ether oxygens (including phenoxy) is 1. The van der Waals surface area contributed by atoms with Gasteiger partial charge in [-0.2, -0.15) is 0 Å². The van der Waals surface area contributed by atoms with Gasteiger partial charge in [-0.3, -0.25) is 14.9 Å². The van der Waals surface area contributed by atoms with Crippen LogP contribution in [0.4, 0.5) is 10.5 Å². The van der Waals surface area contributed by atoms with Crippen LogP contribution in [0.15, 0.2) is 78.4 Å². The normalized spacial score (nSPS) is 15.1. The molecule has 0 unspecified atom stereocenters. The molecule has 4 amide bonds. The van der Waals surface area contributed by atoms with E-state index < -0.39 is 17.8 Å². The van der Waals surface area contributed by atoms with Gasteiger partial charge < -0.3 is 4.74 Å². The van der Waals surface area contributed by atoms with Crippen LogP contribution in [0.1, 0.15) is 22.3 Å². The van der Waals surface area contributed by atoms with Crippen molar-refractivity contribution >= 4 is 29.6 Å². The second-order valence-corrected chi connectivity index (χ2v) is 7.57. The molecule has 0 saturated carbocycles. The van der Waals surface area contributed by atoms with Crippen LogP contribution in [0.25, 0.3) is 6.08 Å². The number of amides is 4. The predicted octanol–water partition coefficient (Wildman–Crippen LogP) is 4.55. The summed E-state index contributed by atoms with van der Waals surface area (Å²) < 4.78 is 5.83. The number of barbiturate groups is 1. The van der Waals surface area contributed by atoms with Crippen LogP contribution in [0.3, 0.4) is 0 Å². The molecule has 1 aliphatic heterocycles. The first-order valence-electron chi connectivity index (χ1n) is 10.2. The fraction of sp³-hybridized carbons (Fsp3) is 0.115. The van der Waals surface area contributed by atoms with Gasteiger partial charge in [0.1, 0.15) is 17.9 Å². The predicted molar refractivity (Wildman–Crippen MR) is 122 cm³/mol. The average Bonchev–Trinajstić information content (AvgIpc) is 2.78. The fourth-order valence-electron chi connectivity index (χ4n) is 3.36. The number of carbonyl (C=O) groups excluding carboxylic acids is 3. The SMILES string of the molecule is Cc1ccc(N2C(=O)NC(=O)/C(=C/c3cccc(OCc4ccccc4)c3)C2=O)cc1C. The Morgan fingerprint density at radius 1 is 0.875 bits per heavy atom. The number of carbonyl (C=O) groups is 3. The third kappa shape index (κ3) is 4.44. The Hall–Kier alpha value is -4.19. The van der Waals surface area contributed by atoms with Crippen molar-refractivity contribution in [1.29, 1.82) is 0 Å². The summed E-state index contributed by atoms with van der Waals surface area (Å²) in [5.41, 5.74) is 3.91. The highest BCUT2D eigenvalue weighted by Gasteiger charge is 2.36. The molecule has 4 rings (SSSR count). The van der Waals surface area contributed by atoms with Gasteiger partial charge in [-0.25, -0.2) is 9.69 Å². The van der Waals surface area contributed by atoms with Crippen LogP contribution in [-0.4, -0.2) is 17.8 Å². The molecule has 1 fully saturated rings. The summed E-state index contributed by atoms with van der Waals surface area (Å²) in [6, 6.07) is 21.3. The number of urea groups is 1. The fourth-order valence-corrected chi connectivity index (χ4v) is 3.36. The largest absolute Gasteiger partial charge is 0.489 e. The Balaban J connectivity index is 1.59. The molecule has 3 aromatic rings. The van der Waals surface area contributed by atoms with E-state index in [1.54, 1.807) is 36.4 Å². The van der Waals surface area contributed by atoms with Crippen molar-refractivity contribution < 1.29 is 19.1 Å². The van der Waals surface area contributed by atoms with E-state index >= 15 is 0 Å². The van der Waals surface area contributed by atoms with Crippen molar-refractivity contribution in [3.8, 4) is 5.75 Å². The van der Waals surface area contributed by atoms with E-state index in [1.165, 1.54) is 6.08 Å². The molecule has 3 aromatic carbocycles. The van der Waals surface area contributed by atoms with Crippen molar-refractivity contribution in [2.45, 2.75) is 20.5 Å². The number of anilines is 1. The van der Waals surface area contributed by atoms with Gasteiger partial charge in [0.05, 0.1) is 5.69 Å². The average molecular weight is 426 g/mol. The molecule has 1 heterocycles. The van der Waals surface area contributed by atoms with Gasteiger partial charge in [0.2, 0.25) is 0 Å². The van der Waals surface area contributed by atoms with Gasteiger partial charge in [0, 0.05) is 0 Å². The summed E-state index contributed by atoms with van der Waals surface area (Å²) in [6.07, 6.45) is 1.47. The molecule has 0 spiro atoms. The highest BCUT2D eigenvalue weighted by Crippen LogP contribution is 2.25. The van der Waals surface area contributed by atoms with Crippen molar-refractivity contribution in [1.82, 2.24) is 5.32 Å². The summed E-state index contributed by atoms with van der Waals surface area (Å²) in [5, 5.41) is 2.25. The maximum Gasteiger partial charge on any atom is 0.335 e. The van der Waals surface area contributed by atoms with Crippen LogP contribution < -0.4 is 15.0 Å². The molecule has 160 valence electrons. The zero-order valence-electron chi connectivity index (χ0n) is 17.8. The molecule has 0 aliphatic carbocycles. The van der Waals surface area contributed by atoms with Crippen LogP contribution in [0.5, 0.6) is 5.75 Å². The highest BCUT2D eigenvalue weighted by atomic mass is 16.5. The monoisotopic (exact) mass is 426 g/mol. The van der Waals surface area contributed by atoms with Crippen molar-refractivity contribution in [2.24, 2.45) is 0 Å². The lowest BCUT2D eigenvalue weighted by Crippen LogP contribution is -2.54. The molecule has 32 heavy (non-hydrogen) atoms. The van der Waals surface area contributed by atoms with E-state index in [-0.39, 0.29) is 5.57 Å². The number of hydrogen-bond acceptors (Lipinski definition) is 4. The highest BCUT2D eigenvalue weighted by molar-refractivity contribution is 6.39. The molecule has 0 aromatic heterocycles. The van der Waals surface area contributed by atoms with Gasteiger partial charge >= 0.3 is 6.03 Å². The topological polar surface area (TPSA) is 75.7 Å². The Kier molecular flexibility index (Phi) is 5.85. The number of nitrogens with zero attached hydrogens (tertiary/aromatic N) is 1. The number of imide groups is 2. The number of rotatable bonds is 5. The molecule has 6 nitrogen and oxygen atoms in total. The lowest BCUT2D eigenvalue weighted by atomic mass is 10.0. The van der Waals surface area contributed by atoms with E-state index in [2.05, 4.69) is 5.32 Å². The quantitative estimate of drug-likeness (QED) is 0.480. The molecule has 1 saturated heterocycles. The smallest absolute Gasteiger partial charge is 0.335 e. The third-order valence-corrected chi connectivity index (χ3v) is 5.27. The summed E-state index contributed by atoms with van der Waals surface area (Å²) in [6.45, 7) is 4.24. The van der Waals surface area contributed by atoms with Gasteiger partial charge in [-0.05, 0) is 66.4 Å². The summed E-state index contributed by atoms with van der Waals surface area (Å²) in [7, 11) is 0. The van der Waals surface area contributed by atoms with E-state index in [9.17, 15) is 14.4 Å².